The second-order valence-electron chi connectivity index (χ2n) is 4.48. The van der Waals surface area contributed by atoms with E-state index in [1.54, 1.807) is 20.3 Å². The van der Waals surface area contributed by atoms with Crippen molar-refractivity contribution in [1.29, 1.82) is 0 Å². The van der Waals surface area contributed by atoms with E-state index < -0.39 is 0 Å². The molecule has 0 bridgehead atoms. The molecule has 0 heterocycles. The minimum absolute atomic E-state index is 0.657. The lowest BCUT2D eigenvalue weighted by Gasteiger charge is -2.11. The van der Waals surface area contributed by atoms with Gasteiger partial charge < -0.3 is 14.8 Å². The lowest BCUT2D eigenvalue weighted by Crippen LogP contribution is -2.80. The van der Waals surface area contributed by atoms with Gasteiger partial charge in [0.15, 0.2) is 11.5 Å². The minimum Gasteiger partial charge on any atom is -0.493 e. The number of nitrogens with two attached hydrogens (primary N) is 1. The smallest absolute Gasteiger partial charge is 0.162 e. The van der Waals surface area contributed by atoms with Crippen LogP contribution in [0.5, 0.6) is 11.5 Å². The number of quaternary nitrogens is 1. The van der Waals surface area contributed by atoms with Gasteiger partial charge in [-0.25, -0.2) is 0 Å². The third-order valence-corrected chi connectivity index (χ3v) is 3.49. The topological polar surface area (TPSA) is 35.1 Å². The van der Waals surface area contributed by atoms with Crippen LogP contribution < -0.4 is 14.8 Å². The van der Waals surface area contributed by atoms with E-state index in [1.165, 1.54) is 5.56 Å². The van der Waals surface area contributed by atoms with E-state index in [4.69, 9.17) is 21.1 Å². The van der Waals surface area contributed by atoms with Gasteiger partial charge in [-0.15, -0.1) is 0 Å². The maximum absolute atomic E-state index is 6.26. The van der Waals surface area contributed by atoms with Gasteiger partial charge in [-0.1, -0.05) is 41.9 Å². The summed E-state index contributed by atoms with van der Waals surface area (Å²) in [7, 11) is 3.23. The van der Waals surface area contributed by atoms with Crippen molar-refractivity contribution >= 4 is 11.6 Å². The van der Waals surface area contributed by atoms with Gasteiger partial charge in [0.2, 0.25) is 0 Å². The van der Waals surface area contributed by atoms with Crippen molar-refractivity contribution in [2.75, 3.05) is 14.2 Å². The number of rotatable bonds is 6. The van der Waals surface area contributed by atoms with Crippen LogP contribution >= 0.6 is 11.6 Å². The monoisotopic (exact) mass is 292 g/mol. The lowest BCUT2D eigenvalue weighted by atomic mass is 10.2. The summed E-state index contributed by atoms with van der Waals surface area (Å²) in [5.41, 5.74) is 2.34. The normalized spacial score (nSPS) is 10.3. The van der Waals surface area contributed by atoms with Gasteiger partial charge in [-0.05, 0) is 6.07 Å². The molecular formula is C16H19ClNO2+. The average molecular weight is 293 g/mol. The summed E-state index contributed by atoms with van der Waals surface area (Å²) in [6.07, 6.45) is 0. The van der Waals surface area contributed by atoms with Gasteiger partial charge in [0, 0.05) is 17.2 Å². The Kier molecular flexibility index (Phi) is 5.27. The predicted molar refractivity (Wildman–Crippen MR) is 80.3 cm³/mol. The molecule has 0 spiro atoms. The van der Waals surface area contributed by atoms with Gasteiger partial charge in [-0.2, -0.15) is 0 Å². The number of benzene rings is 2. The third kappa shape index (κ3) is 3.65. The zero-order chi connectivity index (χ0) is 14.4. The van der Waals surface area contributed by atoms with Crippen LogP contribution in [0, 0.1) is 0 Å². The molecule has 0 radical (unpaired) electrons. The van der Waals surface area contributed by atoms with Crippen molar-refractivity contribution in [3.05, 3.63) is 58.6 Å². The summed E-state index contributed by atoms with van der Waals surface area (Å²) < 4.78 is 10.5. The highest BCUT2D eigenvalue weighted by Crippen LogP contribution is 2.32. The summed E-state index contributed by atoms with van der Waals surface area (Å²) in [6.45, 7) is 1.72. The predicted octanol–water partition coefficient (Wildman–Crippen LogP) is 2.62. The summed E-state index contributed by atoms with van der Waals surface area (Å²) in [5.74, 6) is 1.37. The highest BCUT2D eigenvalue weighted by molar-refractivity contribution is 6.31. The van der Waals surface area contributed by atoms with E-state index in [1.807, 2.05) is 24.3 Å². The van der Waals surface area contributed by atoms with E-state index in [9.17, 15) is 0 Å². The largest absolute Gasteiger partial charge is 0.493 e. The highest BCUT2D eigenvalue weighted by Gasteiger charge is 2.10. The molecular weight excluding hydrogens is 274 g/mol. The fraction of sp³-hybridized carbons (Fsp3) is 0.250. The molecule has 0 unspecified atom stereocenters. The molecule has 3 nitrogen and oxygen atoms in total. The standard InChI is InChI=1S/C16H18ClNO2/c1-19-15-8-13(14(17)9-16(15)20-2)11-18-10-12-6-4-3-5-7-12/h3-9,18H,10-11H2,1-2H3/p+1. The molecule has 106 valence electrons. The first-order valence-corrected chi connectivity index (χ1v) is 6.88. The first-order chi connectivity index (χ1) is 9.74. The molecule has 0 fully saturated rings. The number of hydrogen-bond donors (Lipinski definition) is 1. The van der Waals surface area contributed by atoms with Crippen molar-refractivity contribution in [3.63, 3.8) is 0 Å². The first kappa shape index (κ1) is 14.7. The van der Waals surface area contributed by atoms with Crippen molar-refractivity contribution in [2.24, 2.45) is 0 Å². The first-order valence-electron chi connectivity index (χ1n) is 6.50. The molecule has 4 heteroatoms. The van der Waals surface area contributed by atoms with Crippen LogP contribution in [0.1, 0.15) is 11.1 Å². The van der Waals surface area contributed by atoms with Gasteiger partial charge >= 0.3 is 0 Å². The Labute approximate surface area is 124 Å². The van der Waals surface area contributed by atoms with Crippen LogP contribution in [0.15, 0.2) is 42.5 Å². The van der Waals surface area contributed by atoms with Gasteiger partial charge in [0.25, 0.3) is 0 Å². The van der Waals surface area contributed by atoms with Crippen LogP contribution in [0.4, 0.5) is 0 Å². The number of ether oxygens (including phenoxy) is 2. The second kappa shape index (κ2) is 7.17. The zero-order valence-electron chi connectivity index (χ0n) is 11.7. The Morgan fingerprint density at radius 1 is 0.950 bits per heavy atom. The zero-order valence-corrected chi connectivity index (χ0v) is 12.5. The summed E-state index contributed by atoms with van der Waals surface area (Å²) in [4.78, 5) is 0. The van der Waals surface area contributed by atoms with E-state index in [0.717, 1.165) is 18.7 Å². The van der Waals surface area contributed by atoms with E-state index >= 15 is 0 Å². The Hall–Kier alpha value is -1.71. The molecule has 0 saturated carbocycles. The molecule has 0 aliphatic rings. The number of halogens is 1. The average Bonchev–Trinajstić information content (AvgIpc) is 2.49. The molecule has 0 saturated heterocycles. The third-order valence-electron chi connectivity index (χ3n) is 3.14. The minimum atomic E-state index is 0.657. The SMILES string of the molecule is COc1cc(Cl)c(C[NH2+]Cc2ccccc2)cc1OC. The molecule has 2 N–H and O–H groups in total. The Bertz CT molecular complexity index is 558. The highest BCUT2D eigenvalue weighted by atomic mass is 35.5. The Morgan fingerprint density at radius 3 is 2.25 bits per heavy atom. The van der Waals surface area contributed by atoms with Crippen LogP contribution in [-0.2, 0) is 13.1 Å². The maximum atomic E-state index is 6.26. The van der Waals surface area contributed by atoms with Crippen molar-refractivity contribution in [1.82, 2.24) is 0 Å². The van der Waals surface area contributed by atoms with Crippen LogP contribution in [-0.4, -0.2) is 14.2 Å². The molecule has 0 aliphatic carbocycles. The molecule has 2 aromatic rings. The molecule has 20 heavy (non-hydrogen) atoms. The molecule has 2 aromatic carbocycles. The summed E-state index contributed by atoms with van der Waals surface area (Å²) in [5, 5.41) is 2.91. The van der Waals surface area contributed by atoms with Crippen molar-refractivity contribution < 1.29 is 14.8 Å². The van der Waals surface area contributed by atoms with E-state index in [2.05, 4.69) is 17.4 Å². The number of hydrogen-bond acceptors (Lipinski definition) is 2. The second-order valence-corrected chi connectivity index (χ2v) is 4.89. The summed E-state index contributed by atoms with van der Waals surface area (Å²) in [6, 6.07) is 14.1. The van der Waals surface area contributed by atoms with Crippen molar-refractivity contribution in [3.8, 4) is 11.5 Å². The molecule has 0 aromatic heterocycles. The molecule has 2 rings (SSSR count). The lowest BCUT2D eigenvalue weighted by molar-refractivity contribution is -0.686. The maximum Gasteiger partial charge on any atom is 0.162 e. The van der Waals surface area contributed by atoms with E-state index in [-0.39, 0.29) is 0 Å². The number of methoxy groups -OCH3 is 2. The Morgan fingerprint density at radius 2 is 1.60 bits per heavy atom. The van der Waals surface area contributed by atoms with E-state index in [0.29, 0.717) is 16.5 Å². The van der Waals surface area contributed by atoms with Crippen LogP contribution in [0.2, 0.25) is 5.02 Å². The van der Waals surface area contributed by atoms with Crippen LogP contribution in [0.3, 0.4) is 0 Å². The van der Waals surface area contributed by atoms with Crippen LogP contribution in [0.25, 0.3) is 0 Å². The molecule has 0 atom stereocenters. The molecule has 0 amide bonds. The summed E-state index contributed by atoms with van der Waals surface area (Å²) >= 11 is 6.26. The van der Waals surface area contributed by atoms with Crippen molar-refractivity contribution in [2.45, 2.75) is 13.1 Å². The quantitative estimate of drug-likeness (QED) is 0.888. The van der Waals surface area contributed by atoms with Gasteiger partial charge in [0.1, 0.15) is 13.1 Å². The Balaban J connectivity index is 2.02. The van der Waals surface area contributed by atoms with Gasteiger partial charge in [0.05, 0.1) is 19.2 Å². The fourth-order valence-electron chi connectivity index (χ4n) is 2.06. The van der Waals surface area contributed by atoms with Gasteiger partial charge in [-0.3, -0.25) is 0 Å². The fourth-order valence-corrected chi connectivity index (χ4v) is 2.29. The molecule has 0 aliphatic heterocycles.